The fourth-order valence-electron chi connectivity index (χ4n) is 1.99. The highest BCUT2D eigenvalue weighted by molar-refractivity contribution is 6.31. The second-order valence-electron chi connectivity index (χ2n) is 5.04. The Balaban J connectivity index is 2.11. The van der Waals surface area contributed by atoms with E-state index in [9.17, 15) is 9.59 Å². The molecule has 2 N–H and O–H groups in total. The molecule has 0 radical (unpaired) electrons. The van der Waals surface area contributed by atoms with E-state index in [1.807, 2.05) is 6.92 Å². The van der Waals surface area contributed by atoms with Crippen molar-refractivity contribution in [1.82, 2.24) is 10.3 Å². The third-order valence-electron chi connectivity index (χ3n) is 3.36. The van der Waals surface area contributed by atoms with Crippen LogP contribution in [-0.4, -0.2) is 37.1 Å². The maximum absolute atomic E-state index is 12.3. The van der Waals surface area contributed by atoms with Crippen LogP contribution in [0.1, 0.15) is 26.4 Å². The van der Waals surface area contributed by atoms with E-state index >= 15 is 0 Å². The van der Waals surface area contributed by atoms with Gasteiger partial charge in [0.15, 0.2) is 0 Å². The van der Waals surface area contributed by atoms with E-state index < -0.39 is 5.91 Å². The number of halogens is 1. The zero-order valence-corrected chi connectivity index (χ0v) is 14.2. The van der Waals surface area contributed by atoms with Crippen LogP contribution < -0.4 is 10.6 Å². The van der Waals surface area contributed by atoms with Gasteiger partial charge in [0.25, 0.3) is 11.8 Å². The van der Waals surface area contributed by atoms with Crippen LogP contribution >= 0.6 is 11.6 Å². The van der Waals surface area contributed by atoms with Crippen LogP contribution in [0.15, 0.2) is 36.5 Å². The molecular weight excluding hydrogens is 330 g/mol. The first kappa shape index (κ1) is 17.9. The van der Waals surface area contributed by atoms with Crippen LogP contribution in [0.25, 0.3) is 0 Å². The average molecular weight is 348 g/mol. The highest BCUT2D eigenvalue weighted by atomic mass is 35.5. The van der Waals surface area contributed by atoms with Crippen molar-refractivity contribution in [3.63, 3.8) is 0 Å². The quantitative estimate of drug-likeness (QED) is 0.787. The molecule has 2 amide bonds. The number of hydrogen-bond acceptors (Lipinski definition) is 4. The van der Waals surface area contributed by atoms with Gasteiger partial charge in [-0.25, -0.2) is 0 Å². The smallest absolute Gasteiger partial charge is 0.274 e. The maximum Gasteiger partial charge on any atom is 0.274 e. The van der Waals surface area contributed by atoms with E-state index in [-0.39, 0.29) is 11.6 Å². The van der Waals surface area contributed by atoms with Gasteiger partial charge >= 0.3 is 0 Å². The lowest BCUT2D eigenvalue weighted by molar-refractivity contribution is 0.0937. The molecule has 0 bridgehead atoms. The summed E-state index contributed by atoms with van der Waals surface area (Å²) in [6.45, 7) is 2.62. The van der Waals surface area contributed by atoms with E-state index in [4.69, 9.17) is 16.3 Å². The van der Waals surface area contributed by atoms with Crippen LogP contribution in [0.3, 0.4) is 0 Å². The molecule has 0 unspecified atom stereocenters. The van der Waals surface area contributed by atoms with Crippen molar-refractivity contribution in [2.75, 3.05) is 25.6 Å². The van der Waals surface area contributed by atoms with Crippen molar-refractivity contribution in [2.45, 2.75) is 6.92 Å². The summed E-state index contributed by atoms with van der Waals surface area (Å²) in [6, 6.07) is 8.23. The molecule has 0 aliphatic rings. The Hall–Kier alpha value is -2.44. The number of amides is 2. The van der Waals surface area contributed by atoms with Gasteiger partial charge in [0.2, 0.25) is 0 Å². The molecule has 7 heteroatoms. The Morgan fingerprint density at radius 1 is 1.25 bits per heavy atom. The van der Waals surface area contributed by atoms with E-state index in [1.165, 1.54) is 12.3 Å². The molecule has 1 aromatic carbocycles. The van der Waals surface area contributed by atoms with Gasteiger partial charge in [-0.1, -0.05) is 17.7 Å². The molecule has 0 atom stereocenters. The minimum absolute atomic E-state index is 0.147. The first-order valence-electron chi connectivity index (χ1n) is 7.32. The Morgan fingerprint density at radius 2 is 2.04 bits per heavy atom. The Bertz CT molecular complexity index is 750. The number of methoxy groups -OCH3 is 1. The summed E-state index contributed by atoms with van der Waals surface area (Å²) in [7, 11) is 1.55. The molecule has 0 aliphatic heterocycles. The van der Waals surface area contributed by atoms with Gasteiger partial charge in [-0.3, -0.25) is 14.6 Å². The minimum Gasteiger partial charge on any atom is -0.383 e. The van der Waals surface area contributed by atoms with Gasteiger partial charge in [-0.15, -0.1) is 0 Å². The van der Waals surface area contributed by atoms with Crippen LogP contribution in [0.5, 0.6) is 0 Å². The lowest BCUT2D eigenvalue weighted by atomic mass is 10.1. The maximum atomic E-state index is 12.3. The average Bonchev–Trinajstić information content (AvgIpc) is 2.59. The second kappa shape index (κ2) is 8.42. The predicted molar refractivity (Wildman–Crippen MR) is 92.6 cm³/mol. The lowest BCUT2D eigenvalue weighted by Crippen LogP contribution is -2.27. The van der Waals surface area contributed by atoms with Crippen molar-refractivity contribution in [1.29, 1.82) is 0 Å². The zero-order valence-electron chi connectivity index (χ0n) is 13.4. The van der Waals surface area contributed by atoms with Crippen LogP contribution in [0.4, 0.5) is 5.69 Å². The van der Waals surface area contributed by atoms with Crippen molar-refractivity contribution in [3.8, 4) is 0 Å². The van der Waals surface area contributed by atoms with Crippen molar-refractivity contribution in [3.05, 3.63) is 58.4 Å². The number of aromatic nitrogens is 1. The number of carbonyl (C=O) groups excluding carboxylic acids is 2. The first-order valence-corrected chi connectivity index (χ1v) is 7.70. The summed E-state index contributed by atoms with van der Waals surface area (Å²) >= 11 is 6.04. The summed E-state index contributed by atoms with van der Waals surface area (Å²) in [4.78, 5) is 28.4. The van der Waals surface area contributed by atoms with Gasteiger partial charge in [0.1, 0.15) is 5.69 Å². The van der Waals surface area contributed by atoms with E-state index in [0.717, 1.165) is 5.56 Å². The number of hydrogen-bond donors (Lipinski definition) is 2. The van der Waals surface area contributed by atoms with Crippen LogP contribution in [-0.2, 0) is 4.74 Å². The van der Waals surface area contributed by atoms with Crippen molar-refractivity contribution >= 4 is 29.1 Å². The standard InChI is InChI=1S/C17H18ClN3O3/c1-11-13(18)4-3-5-14(11)21-17(23)15-10-12(6-7-19-15)16(22)20-8-9-24-2/h3-7,10H,8-9H2,1-2H3,(H,20,22)(H,21,23). The third-order valence-corrected chi connectivity index (χ3v) is 3.77. The number of nitrogens with one attached hydrogen (secondary N) is 2. The predicted octanol–water partition coefficient (Wildman–Crippen LogP) is 2.67. The SMILES string of the molecule is COCCNC(=O)c1ccnc(C(=O)Nc2cccc(Cl)c2C)c1. The van der Waals surface area contributed by atoms with E-state index in [1.54, 1.807) is 31.4 Å². The number of nitrogens with zero attached hydrogens (tertiary/aromatic N) is 1. The monoisotopic (exact) mass is 347 g/mol. The molecule has 2 rings (SSSR count). The Kier molecular flexibility index (Phi) is 6.28. The number of anilines is 1. The third kappa shape index (κ3) is 4.53. The molecule has 1 heterocycles. The van der Waals surface area contributed by atoms with Crippen LogP contribution in [0.2, 0.25) is 5.02 Å². The van der Waals surface area contributed by atoms with Gasteiger partial charge in [-0.05, 0) is 36.8 Å². The Labute approximate surface area is 145 Å². The number of rotatable bonds is 6. The highest BCUT2D eigenvalue weighted by Gasteiger charge is 2.13. The number of carbonyl (C=O) groups is 2. The first-order chi connectivity index (χ1) is 11.5. The fraction of sp³-hybridized carbons (Fsp3) is 0.235. The molecule has 126 valence electrons. The molecule has 0 spiro atoms. The molecule has 24 heavy (non-hydrogen) atoms. The molecule has 6 nitrogen and oxygen atoms in total. The van der Waals surface area contributed by atoms with Crippen LogP contribution in [0, 0.1) is 6.92 Å². The van der Waals surface area contributed by atoms with E-state index in [0.29, 0.717) is 29.4 Å². The van der Waals surface area contributed by atoms with Crippen molar-refractivity contribution < 1.29 is 14.3 Å². The molecular formula is C17H18ClN3O3. The summed E-state index contributed by atoms with van der Waals surface area (Å²) in [5.74, 6) is -0.700. The van der Waals surface area contributed by atoms with Gasteiger partial charge in [0, 0.05) is 36.1 Å². The van der Waals surface area contributed by atoms with Gasteiger partial charge in [0.05, 0.1) is 6.61 Å². The van der Waals surface area contributed by atoms with E-state index in [2.05, 4.69) is 15.6 Å². The summed E-state index contributed by atoms with van der Waals surface area (Å²) in [6.07, 6.45) is 1.42. The second-order valence-corrected chi connectivity index (χ2v) is 5.45. The fourth-order valence-corrected chi connectivity index (χ4v) is 2.17. The van der Waals surface area contributed by atoms with Crippen molar-refractivity contribution in [2.24, 2.45) is 0 Å². The minimum atomic E-state index is -0.410. The zero-order chi connectivity index (χ0) is 17.5. The van der Waals surface area contributed by atoms with Gasteiger partial charge < -0.3 is 15.4 Å². The number of pyridine rings is 1. The lowest BCUT2D eigenvalue weighted by Gasteiger charge is -2.10. The summed E-state index contributed by atoms with van der Waals surface area (Å²) in [5.41, 5.74) is 1.87. The molecule has 2 aromatic rings. The molecule has 0 fully saturated rings. The summed E-state index contributed by atoms with van der Waals surface area (Å²) in [5, 5.41) is 6.00. The largest absolute Gasteiger partial charge is 0.383 e. The summed E-state index contributed by atoms with van der Waals surface area (Å²) < 4.78 is 4.88. The number of ether oxygens (including phenoxy) is 1. The number of benzene rings is 1. The van der Waals surface area contributed by atoms with Gasteiger partial charge in [-0.2, -0.15) is 0 Å². The molecule has 0 aliphatic carbocycles. The molecule has 1 aromatic heterocycles. The molecule has 0 saturated carbocycles. The topological polar surface area (TPSA) is 80.3 Å². The normalized spacial score (nSPS) is 10.3. The molecule has 0 saturated heterocycles. The Morgan fingerprint density at radius 3 is 2.79 bits per heavy atom. The highest BCUT2D eigenvalue weighted by Crippen LogP contribution is 2.23.